The first kappa shape index (κ1) is 26.7. The van der Waals surface area contributed by atoms with Crippen molar-refractivity contribution in [2.45, 2.75) is 26.0 Å². The maximum absolute atomic E-state index is 12.6. The van der Waals surface area contributed by atoms with Crippen LogP contribution in [-0.4, -0.2) is 45.6 Å². The van der Waals surface area contributed by atoms with E-state index in [1.165, 1.54) is 29.5 Å². The molecule has 0 amide bonds. The molecule has 1 aromatic carbocycles. The largest absolute Gasteiger partial charge is 0.573 e. The number of hydrogen-bond donors (Lipinski definition) is 2. The molecule has 0 aliphatic rings. The smallest absolute Gasteiger partial charge is 0.475 e. The number of alkyl halides is 6. The van der Waals surface area contributed by atoms with Gasteiger partial charge >= 0.3 is 18.5 Å². The molecule has 0 atom stereocenters. The first-order valence-corrected chi connectivity index (χ1v) is 10.7. The first-order valence-electron chi connectivity index (χ1n) is 9.79. The molecule has 2 N–H and O–H groups in total. The van der Waals surface area contributed by atoms with E-state index in [0.717, 1.165) is 0 Å². The Labute approximate surface area is 201 Å². The lowest BCUT2D eigenvalue weighted by molar-refractivity contribution is -0.274. The lowest BCUT2D eigenvalue weighted by atomic mass is 10.1. The molecule has 0 bridgehead atoms. The van der Waals surface area contributed by atoms with Crippen LogP contribution in [0.1, 0.15) is 11.5 Å². The van der Waals surface area contributed by atoms with Crippen LogP contribution >= 0.6 is 11.3 Å². The molecule has 192 valence electrons. The number of rotatable bonds is 4. The third-order valence-corrected chi connectivity index (χ3v) is 5.43. The molecule has 36 heavy (non-hydrogen) atoms. The quantitative estimate of drug-likeness (QED) is 0.355. The number of halogens is 6. The molecule has 3 aromatic heterocycles. The van der Waals surface area contributed by atoms with E-state index in [-0.39, 0.29) is 17.9 Å². The van der Waals surface area contributed by atoms with Gasteiger partial charge in [-0.3, -0.25) is 9.78 Å². The Morgan fingerprint density at radius 3 is 2.39 bits per heavy atom. The van der Waals surface area contributed by atoms with Gasteiger partial charge in [0.2, 0.25) is 0 Å². The van der Waals surface area contributed by atoms with Crippen molar-refractivity contribution in [3.63, 3.8) is 0 Å². The van der Waals surface area contributed by atoms with Crippen LogP contribution in [0.4, 0.5) is 32.0 Å². The molecule has 0 aliphatic carbocycles. The van der Waals surface area contributed by atoms with Crippen molar-refractivity contribution in [1.29, 1.82) is 0 Å². The predicted octanol–water partition coefficient (Wildman–Crippen LogP) is 5.01. The van der Waals surface area contributed by atoms with Crippen LogP contribution in [-0.2, 0) is 11.3 Å². The number of thiophene rings is 1. The molecule has 15 heteroatoms. The maximum Gasteiger partial charge on any atom is 0.573 e. The number of pyridine rings is 1. The summed E-state index contributed by atoms with van der Waals surface area (Å²) in [4.78, 5) is 34.5. The van der Waals surface area contributed by atoms with Crippen LogP contribution in [0, 0.1) is 6.92 Å². The molecule has 0 spiro atoms. The number of nitrogens with one attached hydrogen (secondary N) is 1. The molecule has 3 heterocycles. The number of aliphatic carboxylic acids is 1. The Morgan fingerprint density at radius 1 is 1.11 bits per heavy atom. The fourth-order valence-corrected chi connectivity index (χ4v) is 3.86. The van der Waals surface area contributed by atoms with E-state index in [1.54, 1.807) is 36.4 Å². The van der Waals surface area contributed by atoms with Crippen molar-refractivity contribution >= 4 is 44.1 Å². The van der Waals surface area contributed by atoms with Crippen molar-refractivity contribution in [1.82, 2.24) is 15.0 Å². The number of aromatic nitrogens is 3. The summed E-state index contributed by atoms with van der Waals surface area (Å²) in [6, 6.07) is 7.56. The number of carboxylic acids is 1. The Kier molecular flexibility index (Phi) is 7.43. The van der Waals surface area contributed by atoms with Gasteiger partial charge in [-0.15, -0.1) is 24.5 Å². The van der Waals surface area contributed by atoms with Gasteiger partial charge in [0.1, 0.15) is 16.3 Å². The highest BCUT2D eigenvalue weighted by Crippen LogP contribution is 2.32. The standard InChI is InChI=1S/C19H15F3N4O2S.C2HF3O2/c1-10-7-15(12-8-11(28-19(20,21)22)3-4-13(12)23-10)26(2)9-16-24-14-5-6-29-17(14)18(27)25-16;3-2(4,5)1(6)7/h3-8H,9H2,1-2H3,(H,24,25,27);(H,6,7). The SMILES string of the molecule is Cc1cc(N(C)Cc2nc3ccsc3c(=O)[nH]2)c2cc(OC(F)(F)F)ccc2n1.O=C(O)C(F)(F)F. The van der Waals surface area contributed by atoms with E-state index in [0.29, 0.717) is 38.3 Å². The number of carbonyl (C=O) groups is 1. The molecule has 0 radical (unpaired) electrons. The lowest BCUT2D eigenvalue weighted by Gasteiger charge is -2.21. The summed E-state index contributed by atoms with van der Waals surface area (Å²) in [7, 11) is 1.77. The molecular weight excluding hydrogens is 518 g/mol. The summed E-state index contributed by atoms with van der Waals surface area (Å²) in [6.07, 6.45) is -9.86. The monoisotopic (exact) mass is 534 g/mol. The zero-order valence-corrected chi connectivity index (χ0v) is 19.2. The highest BCUT2D eigenvalue weighted by molar-refractivity contribution is 7.17. The fraction of sp³-hybridized carbons (Fsp3) is 0.238. The average Bonchev–Trinajstić information content (AvgIpc) is 3.21. The number of ether oxygens (including phenoxy) is 1. The second kappa shape index (κ2) is 10.0. The van der Waals surface area contributed by atoms with Crippen LogP contribution in [0.2, 0.25) is 0 Å². The van der Waals surface area contributed by atoms with Gasteiger partial charge in [0.15, 0.2) is 0 Å². The topological polar surface area (TPSA) is 108 Å². The third kappa shape index (κ3) is 6.62. The molecule has 4 aromatic rings. The molecule has 0 fully saturated rings. The van der Waals surface area contributed by atoms with Crippen molar-refractivity contribution in [3.8, 4) is 5.75 Å². The number of carboxylic acid groups (broad SMARTS) is 1. The number of fused-ring (bicyclic) bond motifs is 2. The third-order valence-electron chi connectivity index (χ3n) is 4.52. The summed E-state index contributed by atoms with van der Waals surface area (Å²) >= 11 is 1.31. The number of H-pyrrole nitrogens is 1. The number of aryl methyl sites for hydroxylation is 1. The number of aromatic amines is 1. The zero-order chi connectivity index (χ0) is 26.8. The molecule has 8 nitrogen and oxygen atoms in total. The Balaban J connectivity index is 0.000000454. The Morgan fingerprint density at radius 2 is 1.78 bits per heavy atom. The number of nitrogens with zero attached hydrogens (tertiary/aromatic N) is 3. The highest BCUT2D eigenvalue weighted by atomic mass is 32.1. The van der Waals surface area contributed by atoms with E-state index >= 15 is 0 Å². The van der Waals surface area contributed by atoms with E-state index in [2.05, 4.69) is 19.7 Å². The minimum absolute atomic E-state index is 0.218. The van der Waals surface area contributed by atoms with Gasteiger partial charge in [-0.1, -0.05) is 0 Å². The van der Waals surface area contributed by atoms with Crippen molar-refractivity contribution in [2.75, 3.05) is 11.9 Å². The van der Waals surface area contributed by atoms with Gasteiger partial charge in [-0.25, -0.2) is 9.78 Å². The van der Waals surface area contributed by atoms with E-state index in [4.69, 9.17) is 9.90 Å². The summed E-state index contributed by atoms with van der Waals surface area (Å²) < 4.78 is 74.1. The zero-order valence-electron chi connectivity index (χ0n) is 18.4. The fourth-order valence-electron chi connectivity index (χ4n) is 3.13. The Hall–Kier alpha value is -3.88. The van der Waals surface area contributed by atoms with Gasteiger partial charge in [0, 0.05) is 23.8 Å². The average molecular weight is 534 g/mol. The van der Waals surface area contributed by atoms with Crippen molar-refractivity contribution in [2.24, 2.45) is 0 Å². The summed E-state index contributed by atoms with van der Waals surface area (Å²) in [5, 5.41) is 9.42. The Bertz CT molecular complexity index is 1470. The van der Waals surface area contributed by atoms with Gasteiger partial charge in [0.25, 0.3) is 5.56 Å². The van der Waals surface area contributed by atoms with Crippen LogP contribution in [0.25, 0.3) is 21.1 Å². The normalized spacial score (nSPS) is 11.8. The van der Waals surface area contributed by atoms with Crippen LogP contribution < -0.4 is 15.2 Å². The maximum atomic E-state index is 12.6. The molecule has 0 saturated heterocycles. The van der Waals surface area contributed by atoms with E-state index in [1.807, 2.05) is 0 Å². The molecule has 0 unspecified atom stereocenters. The highest BCUT2D eigenvalue weighted by Gasteiger charge is 2.38. The second-order valence-corrected chi connectivity index (χ2v) is 8.23. The predicted molar refractivity (Wildman–Crippen MR) is 119 cm³/mol. The van der Waals surface area contributed by atoms with Crippen LogP contribution in [0.15, 0.2) is 40.5 Å². The van der Waals surface area contributed by atoms with Crippen molar-refractivity contribution < 1.29 is 41.0 Å². The van der Waals surface area contributed by atoms with Crippen LogP contribution in [0.3, 0.4) is 0 Å². The van der Waals surface area contributed by atoms with Crippen LogP contribution in [0.5, 0.6) is 5.75 Å². The van der Waals surface area contributed by atoms with Gasteiger partial charge < -0.3 is 19.7 Å². The minimum Gasteiger partial charge on any atom is -0.475 e. The molecular formula is C21H16F6N4O4S. The van der Waals surface area contributed by atoms with Crippen molar-refractivity contribution in [3.05, 3.63) is 57.6 Å². The van der Waals surface area contributed by atoms with Gasteiger partial charge in [-0.2, -0.15) is 13.2 Å². The summed E-state index contributed by atoms with van der Waals surface area (Å²) in [5.41, 5.74) is 2.28. The second-order valence-electron chi connectivity index (χ2n) is 7.32. The first-order chi connectivity index (χ1) is 16.6. The minimum atomic E-state index is -5.08. The lowest BCUT2D eigenvalue weighted by Crippen LogP contribution is -2.21. The number of hydrogen-bond acceptors (Lipinski definition) is 7. The number of anilines is 1. The molecule has 4 rings (SSSR count). The summed E-state index contributed by atoms with van der Waals surface area (Å²) in [5.74, 6) is -2.63. The number of benzene rings is 1. The molecule has 0 aliphatic heterocycles. The molecule has 0 saturated carbocycles. The van der Waals surface area contributed by atoms with Gasteiger partial charge in [0.05, 0.1) is 17.6 Å². The van der Waals surface area contributed by atoms with E-state index in [9.17, 15) is 31.1 Å². The van der Waals surface area contributed by atoms with E-state index < -0.39 is 18.5 Å². The van der Waals surface area contributed by atoms with Gasteiger partial charge in [-0.05, 0) is 42.6 Å². The summed E-state index contributed by atoms with van der Waals surface area (Å²) in [6.45, 7) is 2.05.